The first-order valence-electron chi connectivity index (χ1n) is 4.17. The zero-order valence-corrected chi connectivity index (χ0v) is 7.59. The molecule has 0 bridgehead atoms. The maximum Gasteiger partial charge on any atom is 0.118 e. The predicted octanol–water partition coefficient (Wildman–Crippen LogP) is 1.46. The molecule has 2 nitrogen and oxygen atoms in total. The van der Waals surface area contributed by atoms with Crippen LogP contribution in [0.3, 0.4) is 0 Å². The minimum absolute atomic E-state index is 0.392. The zero-order valence-electron chi connectivity index (χ0n) is 7.59. The van der Waals surface area contributed by atoms with E-state index in [9.17, 15) is 5.11 Å². The number of phenolic OH excluding ortho intramolecular Hbond substituents is 1. The van der Waals surface area contributed by atoms with Gasteiger partial charge < -0.3 is 10.4 Å². The van der Waals surface area contributed by atoms with E-state index >= 15 is 0 Å². The van der Waals surface area contributed by atoms with Gasteiger partial charge in [0.15, 0.2) is 0 Å². The molecule has 0 heterocycles. The van der Waals surface area contributed by atoms with Crippen LogP contribution in [0, 0.1) is 6.92 Å². The maximum atomic E-state index is 9.38. The number of aryl methyl sites for hydroxylation is 1. The van der Waals surface area contributed by atoms with E-state index in [2.05, 4.69) is 5.32 Å². The van der Waals surface area contributed by atoms with Crippen LogP contribution in [0.5, 0.6) is 5.75 Å². The lowest BCUT2D eigenvalue weighted by Gasteiger charge is -2.03. The number of aromatic hydroxyl groups is 1. The maximum absolute atomic E-state index is 9.38. The molecular weight excluding hydrogens is 150 g/mol. The topological polar surface area (TPSA) is 32.3 Å². The van der Waals surface area contributed by atoms with Crippen molar-refractivity contribution >= 4 is 0 Å². The number of nitrogens with one attached hydrogen (secondary N) is 1. The molecule has 1 aromatic carbocycles. The summed E-state index contributed by atoms with van der Waals surface area (Å²) < 4.78 is 0. The quantitative estimate of drug-likeness (QED) is 0.710. The molecule has 0 amide bonds. The van der Waals surface area contributed by atoms with Crippen LogP contribution in [0.1, 0.15) is 11.1 Å². The molecule has 0 aliphatic carbocycles. The number of benzene rings is 1. The number of likely N-dealkylation sites (N-methyl/N-ethyl adjacent to an activating group) is 1. The molecule has 2 heteroatoms. The highest BCUT2D eigenvalue weighted by Crippen LogP contribution is 2.17. The van der Waals surface area contributed by atoms with Crippen molar-refractivity contribution in [3.05, 3.63) is 29.3 Å². The van der Waals surface area contributed by atoms with E-state index in [4.69, 9.17) is 0 Å². The fourth-order valence-corrected chi connectivity index (χ4v) is 1.08. The zero-order chi connectivity index (χ0) is 8.97. The summed E-state index contributed by atoms with van der Waals surface area (Å²) in [5.74, 6) is 0.392. The summed E-state index contributed by atoms with van der Waals surface area (Å²) >= 11 is 0. The lowest BCUT2D eigenvalue weighted by Crippen LogP contribution is -2.10. The molecule has 2 N–H and O–H groups in total. The van der Waals surface area contributed by atoms with Gasteiger partial charge in [0.2, 0.25) is 0 Å². The van der Waals surface area contributed by atoms with E-state index in [-0.39, 0.29) is 0 Å². The van der Waals surface area contributed by atoms with Crippen LogP contribution in [0.4, 0.5) is 0 Å². The Bertz CT molecular complexity index is 258. The smallest absolute Gasteiger partial charge is 0.118 e. The Kier molecular flexibility index (Phi) is 3.11. The molecule has 0 saturated heterocycles. The Morgan fingerprint density at radius 3 is 2.75 bits per heavy atom. The van der Waals surface area contributed by atoms with Crippen LogP contribution in [0.15, 0.2) is 18.2 Å². The lowest BCUT2D eigenvalue weighted by atomic mass is 10.1. The number of hydrogen-bond donors (Lipinski definition) is 2. The highest BCUT2D eigenvalue weighted by Gasteiger charge is 1.97. The fraction of sp³-hybridized carbons (Fsp3) is 0.400. The van der Waals surface area contributed by atoms with Crippen molar-refractivity contribution < 1.29 is 5.11 Å². The minimum Gasteiger partial charge on any atom is -0.508 e. The molecule has 1 aromatic rings. The Balaban J connectivity index is 2.69. The van der Waals surface area contributed by atoms with E-state index in [0.717, 1.165) is 18.5 Å². The second kappa shape index (κ2) is 4.12. The van der Waals surface area contributed by atoms with Crippen molar-refractivity contribution in [3.63, 3.8) is 0 Å². The highest BCUT2D eigenvalue weighted by molar-refractivity contribution is 5.35. The molecule has 0 aliphatic rings. The Morgan fingerprint density at radius 1 is 1.42 bits per heavy atom. The SMILES string of the molecule is CNCCc1ccc(C)c(O)c1. The Hall–Kier alpha value is -1.02. The van der Waals surface area contributed by atoms with Gasteiger partial charge in [-0.2, -0.15) is 0 Å². The van der Waals surface area contributed by atoms with Gasteiger partial charge in [0, 0.05) is 0 Å². The summed E-state index contributed by atoms with van der Waals surface area (Å²) in [6.45, 7) is 2.85. The first-order chi connectivity index (χ1) is 5.74. The van der Waals surface area contributed by atoms with Gasteiger partial charge in [-0.05, 0) is 44.1 Å². The number of hydrogen-bond acceptors (Lipinski definition) is 2. The lowest BCUT2D eigenvalue weighted by molar-refractivity contribution is 0.470. The van der Waals surface area contributed by atoms with Gasteiger partial charge >= 0.3 is 0 Å². The van der Waals surface area contributed by atoms with Gasteiger partial charge in [0.25, 0.3) is 0 Å². The number of rotatable bonds is 3. The molecule has 0 fully saturated rings. The third kappa shape index (κ3) is 2.24. The van der Waals surface area contributed by atoms with E-state index < -0.39 is 0 Å². The molecule has 12 heavy (non-hydrogen) atoms. The van der Waals surface area contributed by atoms with E-state index in [1.54, 1.807) is 0 Å². The monoisotopic (exact) mass is 165 g/mol. The molecule has 0 atom stereocenters. The van der Waals surface area contributed by atoms with Crippen LogP contribution in [-0.4, -0.2) is 18.7 Å². The summed E-state index contributed by atoms with van der Waals surface area (Å²) in [6.07, 6.45) is 0.963. The highest BCUT2D eigenvalue weighted by atomic mass is 16.3. The van der Waals surface area contributed by atoms with Gasteiger partial charge in [-0.1, -0.05) is 12.1 Å². The summed E-state index contributed by atoms with van der Waals surface area (Å²) in [7, 11) is 1.92. The van der Waals surface area contributed by atoms with Crippen molar-refractivity contribution in [2.45, 2.75) is 13.3 Å². The molecule has 0 radical (unpaired) electrons. The second-order valence-electron chi connectivity index (χ2n) is 2.97. The fourth-order valence-electron chi connectivity index (χ4n) is 1.08. The molecular formula is C10H15NO. The Morgan fingerprint density at radius 2 is 2.17 bits per heavy atom. The van der Waals surface area contributed by atoms with Gasteiger partial charge in [0.05, 0.1) is 0 Å². The van der Waals surface area contributed by atoms with Crippen molar-refractivity contribution in [3.8, 4) is 5.75 Å². The van der Waals surface area contributed by atoms with Crippen molar-refractivity contribution in [1.82, 2.24) is 5.32 Å². The molecule has 0 aromatic heterocycles. The summed E-state index contributed by atoms with van der Waals surface area (Å²) in [6, 6.07) is 5.82. The Labute approximate surface area is 73.2 Å². The van der Waals surface area contributed by atoms with Gasteiger partial charge in [-0.15, -0.1) is 0 Å². The van der Waals surface area contributed by atoms with E-state index in [0.29, 0.717) is 5.75 Å². The second-order valence-corrected chi connectivity index (χ2v) is 2.97. The van der Waals surface area contributed by atoms with Crippen LogP contribution in [0.2, 0.25) is 0 Å². The first-order valence-corrected chi connectivity index (χ1v) is 4.17. The third-order valence-corrected chi connectivity index (χ3v) is 1.94. The van der Waals surface area contributed by atoms with Crippen molar-refractivity contribution in [2.24, 2.45) is 0 Å². The van der Waals surface area contributed by atoms with Crippen LogP contribution in [0.25, 0.3) is 0 Å². The van der Waals surface area contributed by atoms with Crippen molar-refractivity contribution in [1.29, 1.82) is 0 Å². The summed E-state index contributed by atoms with van der Waals surface area (Å²) in [4.78, 5) is 0. The van der Waals surface area contributed by atoms with Gasteiger partial charge in [0.1, 0.15) is 5.75 Å². The van der Waals surface area contributed by atoms with E-state index in [1.165, 1.54) is 5.56 Å². The average molecular weight is 165 g/mol. The van der Waals surface area contributed by atoms with Crippen LogP contribution < -0.4 is 5.32 Å². The van der Waals surface area contributed by atoms with Crippen LogP contribution >= 0.6 is 0 Å². The largest absolute Gasteiger partial charge is 0.508 e. The molecule has 0 saturated carbocycles. The third-order valence-electron chi connectivity index (χ3n) is 1.94. The number of phenols is 1. The van der Waals surface area contributed by atoms with Crippen LogP contribution in [-0.2, 0) is 6.42 Å². The summed E-state index contributed by atoms with van der Waals surface area (Å²) in [5.41, 5.74) is 2.11. The van der Waals surface area contributed by atoms with E-state index in [1.807, 2.05) is 32.2 Å². The predicted molar refractivity (Wildman–Crippen MR) is 50.5 cm³/mol. The van der Waals surface area contributed by atoms with Gasteiger partial charge in [-0.25, -0.2) is 0 Å². The molecule has 0 unspecified atom stereocenters. The molecule has 0 aliphatic heterocycles. The van der Waals surface area contributed by atoms with Crippen molar-refractivity contribution in [2.75, 3.05) is 13.6 Å². The van der Waals surface area contributed by atoms with Gasteiger partial charge in [-0.3, -0.25) is 0 Å². The first kappa shape index (κ1) is 9.07. The standard InChI is InChI=1S/C10H15NO/c1-8-3-4-9(5-6-11-2)7-10(8)12/h3-4,7,11-12H,5-6H2,1-2H3. The molecule has 66 valence electrons. The minimum atomic E-state index is 0.392. The molecule has 1 rings (SSSR count). The normalized spacial score (nSPS) is 10.2. The molecule has 0 spiro atoms. The average Bonchev–Trinajstić information content (AvgIpc) is 2.07. The summed E-state index contributed by atoms with van der Waals surface area (Å²) in [5, 5.41) is 12.4.